The minimum atomic E-state index is -0.840. The molecule has 0 aliphatic heterocycles. The molecule has 0 atom stereocenters. The summed E-state index contributed by atoms with van der Waals surface area (Å²) < 4.78 is 0. The average molecular weight is 296 g/mol. The Morgan fingerprint density at radius 3 is 2.43 bits per heavy atom. The Bertz CT molecular complexity index is 367. The van der Waals surface area contributed by atoms with E-state index >= 15 is 0 Å². The molecule has 0 radical (unpaired) electrons. The molecule has 2 N–H and O–H groups in total. The van der Waals surface area contributed by atoms with Gasteiger partial charge in [0.25, 0.3) is 0 Å². The maximum absolute atomic E-state index is 10.9. The van der Waals surface area contributed by atoms with Crippen LogP contribution >= 0.6 is 0 Å². The summed E-state index contributed by atoms with van der Waals surface area (Å²) in [6.07, 6.45) is 3.80. The number of likely N-dealkylation sites (N-methyl/N-ethyl adjacent to an activating group) is 1. The highest BCUT2D eigenvalue weighted by molar-refractivity contribution is 5.64. The van der Waals surface area contributed by atoms with E-state index in [1.165, 1.54) is 4.90 Å². The number of aliphatic hydroxyl groups is 1. The zero-order valence-electron chi connectivity index (χ0n) is 13.2. The summed E-state index contributed by atoms with van der Waals surface area (Å²) in [5.74, 6) is 6.98. The van der Waals surface area contributed by atoms with Crippen molar-refractivity contribution in [2.24, 2.45) is 5.92 Å². The second-order valence-electron chi connectivity index (χ2n) is 5.63. The molecule has 0 spiro atoms. The van der Waals surface area contributed by atoms with Crippen molar-refractivity contribution in [1.82, 2.24) is 9.80 Å². The van der Waals surface area contributed by atoms with Crippen molar-refractivity contribution in [3.8, 4) is 11.8 Å². The molecule has 0 bridgehead atoms. The summed E-state index contributed by atoms with van der Waals surface area (Å²) in [5, 5.41) is 17.9. The Balaban J connectivity index is 2.27. The molecular formula is C16H28N2O3. The van der Waals surface area contributed by atoms with E-state index in [2.05, 4.69) is 23.7 Å². The van der Waals surface area contributed by atoms with Crippen LogP contribution in [-0.2, 0) is 0 Å². The number of hydrogen-bond acceptors (Lipinski definition) is 3. The lowest BCUT2D eigenvalue weighted by atomic mass is 9.86. The van der Waals surface area contributed by atoms with Gasteiger partial charge in [-0.1, -0.05) is 12.8 Å². The zero-order valence-corrected chi connectivity index (χ0v) is 13.2. The van der Waals surface area contributed by atoms with E-state index in [9.17, 15) is 4.79 Å². The quantitative estimate of drug-likeness (QED) is 0.734. The normalized spacial score (nSPS) is 21.7. The number of rotatable bonds is 6. The predicted molar refractivity (Wildman–Crippen MR) is 83.1 cm³/mol. The first kappa shape index (κ1) is 17.8. The first-order valence-corrected chi connectivity index (χ1v) is 7.85. The van der Waals surface area contributed by atoms with Gasteiger partial charge in [-0.3, -0.25) is 0 Å². The van der Waals surface area contributed by atoms with Gasteiger partial charge in [-0.15, -0.1) is 5.92 Å². The smallest absolute Gasteiger partial charge is 0.407 e. The summed E-state index contributed by atoms with van der Waals surface area (Å²) in [6.45, 7) is 4.84. The molecule has 0 aromatic carbocycles. The van der Waals surface area contributed by atoms with Gasteiger partial charge in [0.2, 0.25) is 0 Å². The number of aliphatic hydroxyl groups excluding tert-OH is 1. The van der Waals surface area contributed by atoms with E-state index in [0.717, 1.165) is 45.2 Å². The summed E-state index contributed by atoms with van der Waals surface area (Å²) >= 11 is 0. The third kappa shape index (κ3) is 6.36. The fraction of sp³-hybridized carbons (Fsp3) is 0.812. The van der Waals surface area contributed by atoms with Gasteiger partial charge in [0.15, 0.2) is 0 Å². The molecule has 0 saturated heterocycles. The average Bonchev–Trinajstić information content (AvgIpc) is 2.50. The largest absolute Gasteiger partial charge is 0.465 e. The highest BCUT2D eigenvalue weighted by Gasteiger charge is 2.25. The Labute approximate surface area is 127 Å². The number of carbonyl (C=O) groups is 1. The van der Waals surface area contributed by atoms with Crippen LogP contribution in [0.4, 0.5) is 4.79 Å². The SMILES string of the molecule is CCN(CCO)CCC#CC1CCC(N(C)C(=O)O)CC1. The maximum atomic E-state index is 10.9. The van der Waals surface area contributed by atoms with Crippen LogP contribution in [0.2, 0.25) is 0 Å². The molecule has 1 rings (SSSR count). The van der Waals surface area contributed by atoms with Crippen molar-refractivity contribution in [1.29, 1.82) is 0 Å². The molecule has 21 heavy (non-hydrogen) atoms. The molecule has 120 valence electrons. The van der Waals surface area contributed by atoms with E-state index in [4.69, 9.17) is 10.2 Å². The van der Waals surface area contributed by atoms with Gasteiger partial charge < -0.3 is 20.0 Å². The van der Waals surface area contributed by atoms with E-state index in [-0.39, 0.29) is 12.6 Å². The summed E-state index contributed by atoms with van der Waals surface area (Å²) in [7, 11) is 1.65. The van der Waals surface area contributed by atoms with Crippen LogP contribution in [0.5, 0.6) is 0 Å². The van der Waals surface area contributed by atoms with Crippen molar-refractivity contribution in [3.05, 3.63) is 0 Å². The van der Waals surface area contributed by atoms with Crippen molar-refractivity contribution >= 4 is 6.09 Å². The minimum Gasteiger partial charge on any atom is -0.465 e. The van der Waals surface area contributed by atoms with Gasteiger partial charge >= 0.3 is 6.09 Å². The lowest BCUT2D eigenvalue weighted by molar-refractivity contribution is 0.123. The van der Waals surface area contributed by atoms with Crippen molar-refractivity contribution in [2.45, 2.75) is 45.1 Å². The fourth-order valence-corrected chi connectivity index (χ4v) is 2.76. The van der Waals surface area contributed by atoms with Gasteiger partial charge in [-0.05, 0) is 32.2 Å². The number of carboxylic acid groups (broad SMARTS) is 1. The van der Waals surface area contributed by atoms with E-state index in [0.29, 0.717) is 12.5 Å². The van der Waals surface area contributed by atoms with Gasteiger partial charge in [-0.25, -0.2) is 4.79 Å². The van der Waals surface area contributed by atoms with Crippen molar-refractivity contribution in [2.75, 3.05) is 33.3 Å². The Morgan fingerprint density at radius 2 is 1.90 bits per heavy atom. The molecule has 5 heteroatoms. The van der Waals surface area contributed by atoms with Gasteiger partial charge in [-0.2, -0.15) is 0 Å². The summed E-state index contributed by atoms with van der Waals surface area (Å²) in [6, 6.07) is 0.153. The van der Waals surface area contributed by atoms with Crippen LogP contribution in [0.25, 0.3) is 0 Å². The lowest BCUT2D eigenvalue weighted by Crippen LogP contribution is -2.38. The lowest BCUT2D eigenvalue weighted by Gasteiger charge is -2.31. The van der Waals surface area contributed by atoms with Crippen LogP contribution in [0, 0.1) is 17.8 Å². The Morgan fingerprint density at radius 1 is 1.24 bits per heavy atom. The van der Waals surface area contributed by atoms with Crippen LogP contribution in [0.15, 0.2) is 0 Å². The first-order chi connectivity index (χ1) is 10.1. The van der Waals surface area contributed by atoms with E-state index < -0.39 is 6.09 Å². The van der Waals surface area contributed by atoms with Crippen molar-refractivity contribution in [3.63, 3.8) is 0 Å². The third-order valence-corrected chi connectivity index (χ3v) is 4.27. The van der Waals surface area contributed by atoms with Crippen LogP contribution < -0.4 is 0 Å². The summed E-state index contributed by atoms with van der Waals surface area (Å²) in [5.41, 5.74) is 0. The molecule has 0 aromatic heterocycles. The minimum absolute atomic E-state index is 0.153. The highest BCUT2D eigenvalue weighted by Crippen LogP contribution is 2.26. The highest BCUT2D eigenvalue weighted by atomic mass is 16.4. The van der Waals surface area contributed by atoms with Crippen LogP contribution in [0.3, 0.4) is 0 Å². The molecule has 1 fully saturated rings. The maximum Gasteiger partial charge on any atom is 0.407 e. The second kappa shape index (κ2) is 9.64. The summed E-state index contributed by atoms with van der Waals surface area (Å²) in [4.78, 5) is 14.5. The first-order valence-electron chi connectivity index (χ1n) is 7.85. The number of nitrogens with zero attached hydrogens (tertiary/aromatic N) is 2. The number of hydrogen-bond donors (Lipinski definition) is 2. The molecule has 5 nitrogen and oxygen atoms in total. The van der Waals surface area contributed by atoms with E-state index in [1.807, 2.05) is 0 Å². The Hall–Kier alpha value is -1.25. The monoisotopic (exact) mass is 296 g/mol. The van der Waals surface area contributed by atoms with Crippen molar-refractivity contribution < 1.29 is 15.0 Å². The van der Waals surface area contributed by atoms with Crippen LogP contribution in [-0.4, -0.2) is 65.4 Å². The van der Waals surface area contributed by atoms with E-state index in [1.54, 1.807) is 7.05 Å². The Kier molecular flexibility index (Phi) is 8.17. The third-order valence-electron chi connectivity index (χ3n) is 4.27. The predicted octanol–water partition coefficient (Wildman–Crippen LogP) is 1.86. The van der Waals surface area contributed by atoms with Gasteiger partial charge in [0.1, 0.15) is 0 Å². The standard InChI is InChI=1S/C16H28N2O3/c1-3-18(12-13-19)11-5-4-6-14-7-9-15(10-8-14)17(2)16(20)21/h14-15,19H,3,5,7-13H2,1-2H3,(H,20,21). The topological polar surface area (TPSA) is 64.0 Å². The molecule has 1 aliphatic rings. The molecule has 1 amide bonds. The molecular weight excluding hydrogens is 268 g/mol. The molecule has 0 heterocycles. The van der Waals surface area contributed by atoms with Crippen LogP contribution in [0.1, 0.15) is 39.0 Å². The zero-order chi connectivity index (χ0) is 15.7. The number of amides is 1. The molecule has 1 saturated carbocycles. The fourth-order valence-electron chi connectivity index (χ4n) is 2.76. The van der Waals surface area contributed by atoms with Gasteiger partial charge in [0.05, 0.1) is 6.61 Å². The molecule has 0 aromatic rings. The van der Waals surface area contributed by atoms with Gasteiger partial charge in [0, 0.05) is 38.5 Å². The molecule has 0 unspecified atom stereocenters. The molecule has 1 aliphatic carbocycles. The second-order valence-corrected chi connectivity index (χ2v) is 5.63.